The number of carbonyl (C=O) groups is 2. The molecule has 1 aliphatic heterocycles. The number of methoxy groups -OCH3 is 1. The van der Waals surface area contributed by atoms with E-state index in [2.05, 4.69) is 19.9 Å². The largest absolute Gasteiger partial charge is 0.453 e. The minimum atomic E-state index is -0.329. The van der Waals surface area contributed by atoms with Gasteiger partial charge in [-0.05, 0) is 30.0 Å². The fourth-order valence-electron chi connectivity index (χ4n) is 2.62. The lowest BCUT2D eigenvalue weighted by Crippen LogP contribution is -2.50. The molecular formula is C17H24N2O3. The Hall–Kier alpha value is -2.04. The van der Waals surface area contributed by atoms with Crippen LogP contribution in [-0.2, 0) is 4.74 Å². The van der Waals surface area contributed by atoms with E-state index in [9.17, 15) is 9.59 Å². The molecule has 0 bridgehead atoms. The molecule has 22 heavy (non-hydrogen) atoms. The second-order valence-corrected chi connectivity index (χ2v) is 5.98. The second-order valence-electron chi connectivity index (χ2n) is 5.98. The van der Waals surface area contributed by atoms with Crippen molar-refractivity contribution in [2.24, 2.45) is 0 Å². The molecule has 5 heteroatoms. The van der Waals surface area contributed by atoms with Crippen LogP contribution in [0.2, 0.25) is 0 Å². The molecule has 1 aromatic rings. The lowest BCUT2D eigenvalue weighted by atomic mass is 9.97. The Morgan fingerprint density at radius 3 is 2.23 bits per heavy atom. The molecule has 0 unspecified atom stereocenters. The van der Waals surface area contributed by atoms with Crippen molar-refractivity contribution >= 4 is 12.0 Å². The van der Waals surface area contributed by atoms with Crippen LogP contribution in [0.3, 0.4) is 0 Å². The van der Waals surface area contributed by atoms with Crippen molar-refractivity contribution in [3.63, 3.8) is 0 Å². The van der Waals surface area contributed by atoms with Crippen molar-refractivity contribution in [2.75, 3.05) is 33.3 Å². The van der Waals surface area contributed by atoms with Gasteiger partial charge in [0.15, 0.2) is 0 Å². The van der Waals surface area contributed by atoms with E-state index < -0.39 is 0 Å². The third-order valence-corrected chi connectivity index (χ3v) is 4.16. The molecule has 0 spiro atoms. The first-order chi connectivity index (χ1) is 10.4. The summed E-state index contributed by atoms with van der Waals surface area (Å²) in [5.41, 5.74) is 2.92. The van der Waals surface area contributed by atoms with Crippen LogP contribution in [0.25, 0.3) is 0 Å². The number of hydrogen-bond donors (Lipinski definition) is 0. The summed E-state index contributed by atoms with van der Waals surface area (Å²) in [5.74, 6) is 0.438. The molecule has 0 saturated carbocycles. The quantitative estimate of drug-likeness (QED) is 0.844. The molecule has 0 aliphatic carbocycles. The number of rotatable bonds is 2. The Labute approximate surface area is 131 Å². The Bertz CT molecular complexity index is 561. The minimum absolute atomic E-state index is 0.0458. The van der Waals surface area contributed by atoms with E-state index in [-0.39, 0.29) is 12.0 Å². The second kappa shape index (κ2) is 6.81. The molecule has 1 aromatic carbocycles. The van der Waals surface area contributed by atoms with Gasteiger partial charge in [0.2, 0.25) is 0 Å². The maximum absolute atomic E-state index is 12.7. The number of nitrogens with zero attached hydrogens (tertiary/aromatic N) is 2. The smallest absolute Gasteiger partial charge is 0.409 e. The summed E-state index contributed by atoms with van der Waals surface area (Å²) in [5, 5.41) is 0. The van der Waals surface area contributed by atoms with Crippen LogP contribution in [0, 0.1) is 6.92 Å². The SMILES string of the molecule is COC(=O)N1CCN(C(=O)c2cc(C(C)C)ccc2C)CC1. The minimum Gasteiger partial charge on any atom is -0.453 e. The van der Waals surface area contributed by atoms with Gasteiger partial charge in [-0.25, -0.2) is 4.79 Å². The van der Waals surface area contributed by atoms with E-state index in [1.165, 1.54) is 12.7 Å². The predicted molar refractivity (Wildman–Crippen MR) is 85.1 cm³/mol. The van der Waals surface area contributed by atoms with Gasteiger partial charge in [0.1, 0.15) is 0 Å². The van der Waals surface area contributed by atoms with Gasteiger partial charge < -0.3 is 14.5 Å². The molecule has 2 amide bonds. The van der Waals surface area contributed by atoms with Crippen molar-refractivity contribution in [1.29, 1.82) is 0 Å². The highest BCUT2D eigenvalue weighted by molar-refractivity contribution is 5.96. The van der Waals surface area contributed by atoms with Crippen molar-refractivity contribution in [3.05, 3.63) is 34.9 Å². The summed E-state index contributed by atoms with van der Waals surface area (Å²) >= 11 is 0. The summed E-state index contributed by atoms with van der Waals surface area (Å²) in [6.45, 7) is 8.31. The fourth-order valence-corrected chi connectivity index (χ4v) is 2.62. The van der Waals surface area contributed by atoms with Crippen molar-refractivity contribution < 1.29 is 14.3 Å². The van der Waals surface area contributed by atoms with Gasteiger partial charge in [0, 0.05) is 31.7 Å². The molecule has 2 rings (SSSR count). The standard InChI is InChI=1S/C17H24N2O3/c1-12(2)14-6-5-13(3)15(11-14)16(20)18-7-9-19(10-8-18)17(21)22-4/h5-6,11-12H,7-10H2,1-4H3. The highest BCUT2D eigenvalue weighted by Crippen LogP contribution is 2.20. The molecular weight excluding hydrogens is 280 g/mol. The van der Waals surface area contributed by atoms with Gasteiger partial charge in [-0.1, -0.05) is 26.0 Å². The fraction of sp³-hybridized carbons (Fsp3) is 0.529. The van der Waals surface area contributed by atoms with Gasteiger partial charge in [0.05, 0.1) is 7.11 Å². The summed E-state index contributed by atoms with van der Waals surface area (Å²) in [4.78, 5) is 27.7. The highest BCUT2D eigenvalue weighted by Gasteiger charge is 2.26. The molecule has 1 fully saturated rings. The van der Waals surface area contributed by atoms with E-state index in [0.29, 0.717) is 32.1 Å². The molecule has 120 valence electrons. The number of ether oxygens (including phenoxy) is 1. The number of piperazine rings is 1. The lowest BCUT2D eigenvalue weighted by molar-refractivity contribution is 0.0599. The van der Waals surface area contributed by atoms with Crippen molar-refractivity contribution in [2.45, 2.75) is 26.7 Å². The number of benzene rings is 1. The zero-order valence-corrected chi connectivity index (χ0v) is 13.8. The normalized spacial score (nSPS) is 15.1. The third kappa shape index (κ3) is 3.40. The van der Waals surface area contributed by atoms with Gasteiger partial charge in [0.25, 0.3) is 5.91 Å². The average Bonchev–Trinajstić information content (AvgIpc) is 2.53. The predicted octanol–water partition coefficient (Wildman–Crippen LogP) is 2.64. The van der Waals surface area contributed by atoms with E-state index in [0.717, 1.165) is 11.1 Å². The summed E-state index contributed by atoms with van der Waals surface area (Å²) in [6, 6.07) is 6.08. The van der Waals surface area contributed by atoms with E-state index in [4.69, 9.17) is 4.74 Å². The van der Waals surface area contributed by atoms with Gasteiger partial charge in [-0.15, -0.1) is 0 Å². The first-order valence-corrected chi connectivity index (χ1v) is 7.66. The van der Waals surface area contributed by atoms with Crippen LogP contribution in [0.5, 0.6) is 0 Å². The van der Waals surface area contributed by atoms with Gasteiger partial charge in [-0.2, -0.15) is 0 Å². The number of aryl methyl sites for hydroxylation is 1. The van der Waals surface area contributed by atoms with Gasteiger partial charge in [-0.3, -0.25) is 4.79 Å². The summed E-state index contributed by atoms with van der Waals surface area (Å²) in [6.07, 6.45) is -0.329. The van der Waals surface area contributed by atoms with Crippen LogP contribution in [0.4, 0.5) is 4.79 Å². The van der Waals surface area contributed by atoms with E-state index in [1.54, 1.807) is 4.90 Å². The molecule has 1 aliphatic rings. The molecule has 5 nitrogen and oxygen atoms in total. The molecule has 0 N–H and O–H groups in total. The molecule has 0 radical (unpaired) electrons. The monoisotopic (exact) mass is 304 g/mol. The first kappa shape index (κ1) is 16.3. The summed E-state index contributed by atoms with van der Waals surface area (Å²) in [7, 11) is 1.38. The maximum Gasteiger partial charge on any atom is 0.409 e. The number of carbonyl (C=O) groups excluding carboxylic acids is 2. The lowest BCUT2D eigenvalue weighted by Gasteiger charge is -2.34. The number of amides is 2. The Morgan fingerprint density at radius 1 is 1.09 bits per heavy atom. The topological polar surface area (TPSA) is 49.9 Å². The van der Waals surface area contributed by atoms with Crippen LogP contribution >= 0.6 is 0 Å². The molecule has 0 atom stereocenters. The summed E-state index contributed by atoms with van der Waals surface area (Å²) < 4.78 is 4.71. The van der Waals surface area contributed by atoms with Crippen molar-refractivity contribution in [1.82, 2.24) is 9.80 Å². The van der Waals surface area contributed by atoms with Crippen molar-refractivity contribution in [3.8, 4) is 0 Å². The first-order valence-electron chi connectivity index (χ1n) is 7.66. The third-order valence-electron chi connectivity index (χ3n) is 4.16. The Morgan fingerprint density at radius 2 is 1.68 bits per heavy atom. The van der Waals surface area contributed by atoms with Crippen LogP contribution in [-0.4, -0.2) is 55.1 Å². The van der Waals surface area contributed by atoms with E-state index in [1.807, 2.05) is 24.0 Å². The highest BCUT2D eigenvalue weighted by atomic mass is 16.5. The molecule has 1 saturated heterocycles. The zero-order valence-electron chi connectivity index (χ0n) is 13.8. The Balaban J connectivity index is 2.10. The Kier molecular flexibility index (Phi) is 5.06. The van der Waals surface area contributed by atoms with Crippen LogP contribution in [0.1, 0.15) is 41.3 Å². The maximum atomic E-state index is 12.7. The number of hydrogen-bond acceptors (Lipinski definition) is 3. The van der Waals surface area contributed by atoms with Crippen LogP contribution < -0.4 is 0 Å². The van der Waals surface area contributed by atoms with Gasteiger partial charge >= 0.3 is 6.09 Å². The van der Waals surface area contributed by atoms with E-state index >= 15 is 0 Å². The average molecular weight is 304 g/mol. The molecule has 0 aromatic heterocycles. The van der Waals surface area contributed by atoms with Crippen LogP contribution in [0.15, 0.2) is 18.2 Å². The zero-order chi connectivity index (χ0) is 16.3. The molecule has 1 heterocycles.